The Bertz CT molecular complexity index is 564. The lowest BCUT2D eigenvalue weighted by atomic mass is 9.87. The fourth-order valence-electron chi connectivity index (χ4n) is 2.60. The molecule has 2 unspecified atom stereocenters. The molecule has 0 saturated carbocycles. The van der Waals surface area contributed by atoms with E-state index >= 15 is 0 Å². The number of rotatable bonds is 3. The van der Waals surface area contributed by atoms with Crippen molar-refractivity contribution < 1.29 is 9.72 Å². The number of halogens is 1. The Morgan fingerprint density at radius 1 is 1.57 bits per heavy atom. The van der Waals surface area contributed by atoms with Crippen molar-refractivity contribution >= 4 is 23.2 Å². The predicted molar refractivity (Wildman–Crippen MR) is 80.3 cm³/mol. The normalized spacial score (nSPS) is 22.1. The number of nitro groups is 1. The van der Waals surface area contributed by atoms with E-state index in [1.54, 1.807) is 4.90 Å². The Hall–Kier alpha value is -1.66. The Morgan fingerprint density at radius 3 is 2.90 bits per heavy atom. The lowest BCUT2D eigenvalue weighted by molar-refractivity contribution is -0.384. The van der Waals surface area contributed by atoms with Gasteiger partial charge in [0.2, 0.25) is 0 Å². The van der Waals surface area contributed by atoms with Gasteiger partial charge in [-0.3, -0.25) is 14.9 Å². The zero-order valence-corrected chi connectivity index (χ0v) is 12.5. The topological polar surface area (TPSA) is 89.5 Å². The molecule has 0 aromatic heterocycles. The van der Waals surface area contributed by atoms with Crippen molar-refractivity contribution in [3.63, 3.8) is 0 Å². The van der Waals surface area contributed by atoms with Crippen molar-refractivity contribution in [3.8, 4) is 0 Å². The van der Waals surface area contributed by atoms with Crippen LogP contribution in [0, 0.1) is 22.0 Å². The number of non-ortho nitro benzene ring substituents is 1. The van der Waals surface area contributed by atoms with Gasteiger partial charge in [0.25, 0.3) is 11.6 Å². The van der Waals surface area contributed by atoms with Crippen molar-refractivity contribution in [1.29, 1.82) is 0 Å². The first-order valence-corrected chi connectivity index (χ1v) is 7.25. The highest BCUT2D eigenvalue weighted by atomic mass is 35.5. The molecule has 0 aliphatic carbocycles. The standard InChI is InChI=1S/C14H18ClN3O3/c1-9-4-5-17(8-10(9)7-16)14(19)12-6-11(18(20)21)2-3-13(12)15/h2-3,6,9-10H,4-5,7-8,16H2,1H3. The molecular weight excluding hydrogens is 294 g/mol. The van der Waals surface area contributed by atoms with Gasteiger partial charge in [-0.1, -0.05) is 18.5 Å². The fraction of sp³-hybridized carbons (Fsp3) is 0.500. The van der Waals surface area contributed by atoms with Gasteiger partial charge in [0.05, 0.1) is 15.5 Å². The molecular formula is C14H18ClN3O3. The number of hydrogen-bond acceptors (Lipinski definition) is 4. The highest BCUT2D eigenvalue weighted by Crippen LogP contribution is 2.27. The largest absolute Gasteiger partial charge is 0.338 e. The van der Waals surface area contributed by atoms with Gasteiger partial charge in [-0.15, -0.1) is 0 Å². The van der Waals surface area contributed by atoms with E-state index in [9.17, 15) is 14.9 Å². The van der Waals surface area contributed by atoms with Gasteiger partial charge in [-0.2, -0.15) is 0 Å². The van der Waals surface area contributed by atoms with Gasteiger partial charge in [0.1, 0.15) is 0 Å². The van der Waals surface area contributed by atoms with Crippen molar-refractivity contribution in [2.24, 2.45) is 17.6 Å². The van der Waals surface area contributed by atoms with Crippen LogP contribution < -0.4 is 5.73 Å². The lowest BCUT2D eigenvalue weighted by Crippen LogP contribution is -2.45. The first-order valence-electron chi connectivity index (χ1n) is 6.87. The maximum atomic E-state index is 12.5. The van der Waals surface area contributed by atoms with Gasteiger partial charge in [0, 0.05) is 25.2 Å². The molecule has 0 bridgehead atoms. The van der Waals surface area contributed by atoms with Crippen LogP contribution in [-0.2, 0) is 0 Å². The number of benzene rings is 1. The van der Waals surface area contributed by atoms with Crippen molar-refractivity contribution in [1.82, 2.24) is 4.90 Å². The summed E-state index contributed by atoms with van der Waals surface area (Å²) >= 11 is 6.02. The molecule has 2 rings (SSSR count). The molecule has 1 aliphatic heterocycles. The minimum atomic E-state index is -0.534. The summed E-state index contributed by atoms with van der Waals surface area (Å²) in [5.41, 5.74) is 5.78. The average molecular weight is 312 g/mol. The van der Waals surface area contributed by atoms with E-state index in [1.807, 2.05) is 0 Å². The summed E-state index contributed by atoms with van der Waals surface area (Å²) in [7, 11) is 0. The number of nitro benzene ring substituents is 1. The molecule has 1 amide bonds. The predicted octanol–water partition coefficient (Wildman–Crippen LogP) is 2.31. The molecule has 1 aromatic rings. The van der Waals surface area contributed by atoms with Crippen LogP contribution in [0.25, 0.3) is 0 Å². The number of nitrogens with zero attached hydrogens (tertiary/aromatic N) is 2. The third kappa shape index (κ3) is 3.33. The van der Waals surface area contributed by atoms with Crippen molar-refractivity contribution in [2.45, 2.75) is 13.3 Å². The van der Waals surface area contributed by atoms with Crippen molar-refractivity contribution in [2.75, 3.05) is 19.6 Å². The van der Waals surface area contributed by atoms with Crippen LogP contribution in [0.2, 0.25) is 5.02 Å². The third-order valence-electron chi connectivity index (χ3n) is 4.10. The number of nitrogens with two attached hydrogens (primary N) is 1. The van der Waals surface area contributed by atoms with E-state index in [-0.39, 0.29) is 28.1 Å². The highest BCUT2D eigenvalue weighted by molar-refractivity contribution is 6.33. The number of amides is 1. The van der Waals surface area contributed by atoms with Crippen LogP contribution in [0.3, 0.4) is 0 Å². The number of likely N-dealkylation sites (tertiary alicyclic amines) is 1. The second kappa shape index (κ2) is 6.41. The van der Waals surface area contributed by atoms with Crippen LogP contribution in [0.5, 0.6) is 0 Å². The summed E-state index contributed by atoms with van der Waals surface area (Å²) in [6.07, 6.45) is 0.875. The molecule has 21 heavy (non-hydrogen) atoms. The maximum Gasteiger partial charge on any atom is 0.270 e. The summed E-state index contributed by atoms with van der Waals surface area (Å²) in [6, 6.07) is 3.92. The number of carbonyl (C=O) groups excluding carboxylic acids is 1. The Labute approximate surface area is 128 Å². The summed E-state index contributed by atoms with van der Waals surface area (Å²) in [5, 5.41) is 11.1. The SMILES string of the molecule is CC1CCN(C(=O)c2cc([N+](=O)[O-])ccc2Cl)CC1CN. The van der Waals surface area contributed by atoms with Crippen LogP contribution in [0.15, 0.2) is 18.2 Å². The quantitative estimate of drug-likeness (QED) is 0.685. The van der Waals surface area contributed by atoms with Gasteiger partial charge >= 0.3 is 0 Å². The second-order valence-electron chi connectivity index (χ2n) is 5.43. The zero-order valence-electron chi connectivity index (χ0n) is 11.8. The van der Waals surface area contributed by atoms with E-state index in [0.29, 0.717) is 25.6 Å². The zero-order chi connectivity index (χ0) is 15.6. The van der Waals surface area contributed by atoms with Gasteiger partial charge in [-0.05, 0) is 30.9 Å². The lowest BCUT2D eigenvalue weighted by Gasteiger charge is -2.36. The molecule has 2 atom stereocenters. The first kappa shape index (κ1) is 15.7. The summed E-state index contributed by atoms with van der Waals surface area (Å²) in [4.78, 5) is 24.5. The van der Waals surface area contributed by atoms with Gasteiger partial charge in [0.15, 0.2) is 0 Å². The van der Waals surface area contributed by atoms with Gasteiger partial charge in [-0.25, -0.2) is 0 Å². The molecule has 1 aromatic carbocycles. The van der Waals surface area contributed by atoms with E-state index in [0.717, 1.165) is 6.42 Å². The molecule has 1 aliphatic rings. The van der Waals surface area contributed by atoms with Crippen LogP contribution in [0.1, 0.15) is 23.7 Å². The molecule has 1 saturated heterocycles. The van der Waals surface area contributed by atoms with Crippen LogP contribution >= 0.6 is 11.6 Å². The van der Waals surface area contributed by atoms with E-state index in [2.05, 4.69) is 6.92 Å². The van der Waals surface area contributed by atoms with Crippen molar-refractivity contribution in [3.05, 3.63) is 38.9 Å². The van der Waals surface area contributed by atoms with Crippen LogP contribution in [0.4, 0.5) is 5.69 Å². The number of carbonyl (C=O) groups is 1. The molecule has 6 nitrogen and oxygen atoms in total. The highest BCUT2D eigenvalue weighted by Gasteiger charge is 2.29. The minimum Gasteiger partial charge on any atom is -0.338 e. The summed E-state index contributed by atoms with van der Waals surface area (Å²) < 4.78 is 0. The third-order valence-corrected chi connectivity index (χ3v) is 4.42. The monoisotopic (exact) mass is 311 g/mol. The van der Waals surface area contributed by atoms with Gasteiger partial charge < -0.3 is 10.6 Å². The summed E-state index contributed by atoms with van der Waals surface area (Å²) in [5.74, 6) is 0.453. The molecule has 114 valence electrons. The second-order valence-corrected chi connectivity index (χ2v) is 5.84. The summed E-state index contributed by atoms with van der Waals surface area (Å²) in [6.45, 7) is 3.83. The Balaban J connectivity index is 2.24. The maximum absolute atomic E-state index is 12.5. The smallest absolute Gasteiger partial charge is 0.270 e. The minimum absolute atomic E-state index is 0.136. The van der Waals surface area contributed by atoms with E-state index in [4.69, 9.17) is 17.3 Å². The number of piperidine rings is 1. The number of hydrogen-bond donors (Lipinski definition) is 1. The molecule has 2 N–H and O–H groups in total. The molecule has 0 spiro atoms. The Kier molecular flexibility index (Phi) is 4.80. The average Bonchev–Trinajstić information content (AvgIpc) is 2.47. The molecule has 7 heteroatoms. The molecule has 0 radical (unpaired) electrons. The molecule has 1 fully saturated rings. The van der Waals surface area contributed by atoms with E-state index in [1.165, 1.54) is 18.2 Å². The van der Waals surface area contributed by atoms with E-state index < -0.39 is 4.92 Å². The molecule has 1 heterocycles. The fourth-order valence-corrected chi connectivity index (χ4v) is 2.80. The Morgan fingerprint density at radius 2 is 2.29 bits per heavy atom. The van der Waals surface area contributed by atoms with Crippen LogP contribution in [-0.4, -0.2) is 35.4 Å². The first-order chi connectivity index (χ1) is 9.93.